The molecular weight excluding hydrogens is 1180 g/mol. The molecular formula is C65H59Cl2F6N3O11. The van der Waals surface area contributed by atoms with Crippen molar-refractivity contribution < 1.29 is 78.6 Å². The second-order valence-corrected chi connectivity index (χ2v) is 21.9. The largest absolute Gasteiger partial charge is 0.489 e. The highest BCUT2D eigenvalue weighted by molar-refractivity contribution is 6.31. The first-order valence-electron chi connectivity index (χ1n) is 28.1. The van der Waals surface area contributed by atoms with Crippen LogP contribution in [0.5, 0.6) is 57.5 Å². The molecule has 5 heterocycles. The molecule has 0 unspecified atom stereocenters. The lowest BCUT2D eigenvalue weighted by Crippen LogP contribution is -2.38. The molecule has 0 aliphatic carbocycles. The first-order chi connectivity index (χ1) is 41.8. The summed E-state index contributed by atoms with van der Waals surface area (Å²) in [4.78, 5) is 36.5. The molecule has 87 heavy (non-hydrogen) atoms. The number of unbranched alkanes of at least 4 members (excludes halogenated alkanes) is 3. The molecule has 11 rings (SSSR count). The van der Waals surface area contributed by atoms with Gasteiger partial charge in [0.1, 0.15) is 67.1 Å². The third-order valence-electron chi connectivity index (χ3n) is 14.1. The molecule has 1 fully saturated rings. The van der Waals surface area contributed by atoms with E-state index in [9.17, 15) is 35.9 Å². The minimum Gasteiger partial charge on any atom is -0.489 e. The zero-order valence-corrected chi connectivity index (χ0v) is 48.8. The minimum atomic E-state index is -4.59. The molecule has 0 spiro atoms. The molecule has 0 radical (unpaired) electrons. The van der Waals surface area contributed by atoms with Crippen LogP contribution in [0.4, 0.5) is 26.3 Å². The third kappa shape index (κ3) is 15.9. The number of ketones is 2. The highest BCUT2D eigenvalue weighted by Gasteiger charge is 2.35. The van der Waals surface area contributed by atoms with Gasteiger partial charge < -0.3 is 47.5 Å². The second-order valence-electron chi connectivity index (χ2n) is 21.1. The van der Waals surface area contributed by atoms with Gasteiger partial charge in [-0.15, -0.1) is 0 Å². The van der Waals surface area contributed by atoms with E-state index in [1.54, 1.807) is 79.1 Å². The summed E-state index contributed by atoms with van der Waals surface area (Å²) in [6.45, 7) is 4.17. The molecule has 1 saturated heterocycles. The maximum Gasteiger partial charge on any atom is 0.417 e. The van der Waals surface area contributed by atoms with E-state index in [1.807, 2.05) is 6.07 Å². The Kier molecular flexibility index (Phi) is 19.8. The van der Waals surface area contributed by atoms with Crippen LogP contribution in [0.25, 0.3) is 21.8 Å². The number of fused-ring (bicyclic) bond motifs is 6. The second kappa shape index (κ2) is 27.8. The fourth-order valence-corrected chi connectivity index (χ4v) is 10.3. The third-order valence-corrected chi connectivity index (χ3v) is 14.8. The minimum absolute atomic E-state index is 0.0515. The van der Waals surface area contributed by atoms with Gasteiger partial charge >= 0.3 is 12.4 Å². The SMILES string of the molecule is CN(C)CCCCCCOc1cc2nccc(Oc3ccc(CC(=O)Cc4ccc(Cl)c(C(F)(F)F)c4)cc3)c2c2c1OCCO2.O=C(Cc1ccc(Oc2ccnc3cc(OC4COC4)c4c(c23)OCCO4)cc1)Cc1ccc(Cl)c(C(F)(F)F)c1. The Balaban J connectivity index is 0.000000194. The van der Waals surface area contributed by atoms with Gasteiger partial charge in [-0.05, 0) is 116 Å². The van der Waals surface area contributed by atoms with Crippen LogP contribution in [0.1, 0.15) is 59.1 Å². The van der Waals surface area contributed by atoms with Crippen molar-refractivity contribution in [1.82, 2.24) is 14.9 Å². The molecule has 2 aromatic heterocycles. The summed E-state index contributed by atoms with van der Waals surface area (Å²) in [6.07, 6.45) is -1.84. The molecule has 3 aliphatic heterocycles. The molecule has 3 aliphatic rings. The van der Waals surface area contributed by atoms with Crippen LogP contribution in [0.15, 0.2) is 122 Å². The summed E-state index contributed by atoms with van der Waals surface area (Å²) in [6, 6.07) is 28.0. The summed E-state index contributed by atoms with van der Waals surface area (Å²) in [5.41, 5.74) is 1.25. The van der Waals surface area contributed by atoms with Gasteiger partial charge in [0.25, 0.3) is 0 Å². The van der Waals surface area contributed by atoms with Gasteiger partial charge in [-0.2, -0.15) is 26.3 Å². The molecule has 8 aromatic rings. The Labute approximate surface area is 507 Å². The standard InChI is InChI=1S/C35H36ClF3N2O5.C30H23ClF3NO6/c1-41(2)15-5-3-4-6-16-43-31-22-29-32(34-33(31)44-17-18-45-34)30(13-14-40-29)46-26-10-7-23(8-11-26)19-25(42)20-24-9-12-28(36)27(21-24)35(37,38)39;31-23-6-3-18(13-22(23)30(32,33)34)12-19(36)11-17-1-4-20(5-2-17)40-25-7-8-35-24-14-26(41-21-15-37-16-21)28-29(27(24)25)39-10-9-38-28/h7-14,21-22H,3-6,15-20H2,1-2H3;1-8,13-14,21H,9-12,15-16H2. The van der Waals surface area contributed by atoms with Gasteiger partial charge in [0.15, 0.2) is 23.0 Å². The summed E-state index contributed by atoms with van der Waals surface area (Å²) in [5.74, 6) is 4.75. The molecule has 22 heteroatoms. The van der Waals surface area contributed by atoms with E-state index in [-0.39, 0.29) is 54.5 Å². The molecule has 0 saturated carbocycles. The fourth-order valence-electron chi connectivity index (χ4n) is 9.88. The topological polar surface area (TPSA) is 146 Å². The van der Waals surface area contributed by atoms with Crippen molar-refractivity contribution in [3.63, 3.8) is 0 Å². The van der Waals surface area contributed by atoms with Crippen molar-refractivity contribution in [1.29, 1.82) is 0 Å². The quantitative estimate of drug-likeness (QED) is 0.0468. The first-order valence-corrected chi connectivity index (χ1v) is 28.8. The van der Waals surface area contributed by atoms with Crippen molar-refractivity contribution >= 4 is 56.6 Å². The number of ether oxygens (including phenoxy) is 9. The van der Waals surface area contributed by atoms with Gasteiger partial charge in [0, 0.05) is 50.2 Å². The maximum absolute atomic E-state index is 13.2. The summed E-state index contributed by atoms with van der Waals surface area (Å²) in [5, 5.41) is 0.503. The van der Waals surface area contributed by atoms with E-state index in [2.05, 4.69) is 29.0 Å². The zero-order valence-electron chi connectivity index (χ0n) is 47.3. The Hall–Kier alpha value is -8.04. The monoisotopic (exact) mass is 1240 g/mol. The van der Waals surface area contributed by atoms with Gasteiger partial charge in [-0.1, -0.05) is 72.4 Å². The van der Waals surface area contributed by atoms with Crippen LogP contribution >= 0.6 is 23.2 Å². The number of alkyl halides is 6. The van der Waals surface area contributed by atoms with E-state index in [4.69, 9.17) is 65.8 Å². The summed E-state index contributed by atoms with van der Waals surface area (Å²) >= 11 is 11.4. The maximum atomic E-state index is 13.2. The van der Waals surface area contributed by atoms with Crippen LogP contribution < -0.4 is 37.9 Å². The Morgan fingerprint density at radius 3 is 1.40 bits per heavy atom. The van der Waals surface area contributed by atoms with Crippen molar-refractivity contribution in [2.45, 2.75) is 69.8 Å². The summed E-state index contributed by atoms with van der Waals surface area (Å²) < 4.78 is 133. The van der Waals surface area contributed by atoms with Gasteiger partial charge in [-0.3, -0.25) is 19.6 Å². The number of hydrogen-bond acceptors (Lipinski definition) is 14. The molecule has 6 aromatic carbocycles. The van der Waals surface area contributed by atoms with E-state index < -0.39 is 33.5 Å². The van der Waals surface area contributed by atoms with Crippen LogP contribution in [-0.4, -0.2) is 99.4 Å². The van der Waals surface area contributed by atoms with Gasteiger partial charge in [-0.25, -0.2) is 0 Å². The van der Waals surface area contributed by atoms with E-state index in [1.165, 1.54) is 18.2 Å². The Morgan fingerprint density at radius 1 is 0.529 bits per heavy atom. The number of aromatic nitrogens is 2. The van der Waals surface area contributed by atoms with Crippen LogP contribution in [-0.2, 0) is 52.4 Å². The molecule has 456 valence electrons. The number of carbonyl (C=O) groups excluding carboxylic acids is 2. The fraction of sp³-hybridized carbons (Fsp3) is 0.323. The zero-order chi connectivity index (χ0) is 61.2. The van der Waals surface area contributed by atoms with Gasteiger partial charge in [0.2, 0.25) is 11.5 Å². The summed E-state index contributed by atoms with van der Waals surface area (Å²) in [7, 11) is 4.16. The van der Waals surface area contributed by atoms with Crippen LogP contribution in [0, 0.1) is 0 Å². The van der Waals surface area contributed by atoms with Crippen molar-refractivity contribution in [3.05, 3.63) is 165 Å². The Morgan fingerprint density at radius 2 is 0.954 bits per heavy atom. The van der Waals surface area contributed by atoms with E-state index in [0.29, 0.717) is 137 Å². The van der Waals surface area contributed by atoms with Gasteiger partial charge in [0.05, 0.1) is 62.8 Å². The van der Waals surface area contributed by atoms with Crippen molar-refractivity contribution in [3.8, 4) is 57.5 Å². The number of nitrogens with zero attached hydrogens (tertiary/aromatic N) is 3. The molecule has 0 N–H and O–H groups in total. The molecule has 0 bridgehead atoms. The number of rotatable bonds is 22. The van der Waals surface area contributed by atoms with Crippen LogP contribution in [0.3, 0.4) is 0 Å². The average Bonchev–Trinajstić information content (AvgIpc) is 1.19. The number of benzene rings is 6. The lowest BCUT2D eigenvalue weighted by atomic mass is 10.0. The average molecular weight is 1240 g/mol. The number of halogens is 8. The number of pyridine rings is 2. The molecule has 14 nitrogen and oxygen atoms in total. The predicted octanol–water partition coefficient (Wildman–Crippen LogP) is 14.9. The van der Waals surface area contributed by atoms with Crippen molar-refractivity contribution in [2.24, 2.45) is 0 Å². The van der Waals surface area contributed by atoms with E-state index in [0.717, 1.165) is 50.4 Å². The smallest absolute Gasteiger partial charge is 0.417 e. The lowest BCUT2D eigenvalue weighted by Gasteiger charge is -2.29. The van der Waals surface area contributed by atoms with Crippen LogP contribution in [0.2, 0.25) is 10.0 Å². The highest BCUT2D eigenvalue weighted by Crippen LogP contribution is 2.50. The number of Topliss-reactive ketones (excluding diaryl/α,β-unsaturated/α-hetero) is 2. The van der Waals surface area contributed by atoms with E-state index >= 15 is 0 Å². The number of carbonyl (C=O) groups is 2. The predicted molar refractivity (Wildman–Crippen MR) is 314 cm³/mol. The van der Waals surface area contributed by atoms with Crippen molar-refractivity contribution in [2.75, 3.05) is 66.9 Å². The molecule has 0 atom stereocenters. The first kappa shape index (κ1) is 62.0. The highest BCUT2D eigenvalue weighted by atomic mass is 35.5. The number of hydrogen-bond donors (Lipinski definition) is 0. The Bertz CT molecular complexity index is 3750. The lowest BCUT2D eigenvalue weighted by molar-refractivity contribution is -0.138. The normalized spacial score (nSPS) is 13.8. The molecule has 0 amide bonds.